The first-order valence-corrected chi connectivity index (χ1v) is 17.4. The summed E-state index contributed by atoms with van der Waals surface area (Å²) < 4.78 is 0. The molecule has 1 aliphatic rings. The van der Waals surface area contributed by atoms with Crippen LogP contribution >= 0.6 is 0 Å². The van der Waals surface area contributed by atoms with Gasteiger partial charge in [-0.05, 0) is 90.7 Å². The van der Waals surface area contributed by atoms with Crippen molar-refractivity contribution < 1.29 is 0 Å². The lowest BCUT2D eigenvalue weighted by Gasteiger charge is -2.12. The van der Waals surface area contributed by atoms with Gasteiger partial charge in [-0.2, -0.15) is 0 Å². The number of nitrogens with zero attached hydrogens (tertiary/aromatic N) is 4. The van der Waals surface area contributed by atoms with E-state index in [4.69, 9.17) is 9.97 Å². The monoisotopic (exact) mass is 662 g/mol. The summed E-state index contributed by atoms with van der Waals surface area (Å²) in [7, 11) is 0. The zero-order chi connectivity index (χ0) is 34.4. The summed E-state index contributed by atoms with van der Waals surface area (Å²) in [5, 5.41) is 2.60. The minimum absolute atomic E-state index is 0.685. The molecule has 0 radical (unpaired) electrons. The van der Waals surface area contributed by atoms with Crippen LogP contribution in [0, 0.1) is 0 Å². The number of fused-ring (bicyclic) bond motifs is 3. The van der Waals surface area contributed by atoms with Crippen LogP contribution in [0.4, 0.5) is 0 Å². The van der Waals surface area contributed by atoms with Gasteiger partial charge in [0.15, 0.2) is 5.82 Å². The summed E-state index contributed by atoms with van der Waals surface area (Å²) >= 11 is 0. The normalized spacial score (nSPS) is 11.5. The zero-order valence-corrected chi connectivity index (χ0v) is 28.1. The molecule has 0 amide bonds. The Hall–Kier alpha value is -7.04. The second kappa shape index (κ2) is 12.4. The predicted octanol–water partition coefficient (Wildman–Crippen LogP) is 12.1. The maximum absolute atomic E-state index is 5.14. The van der Waals surface area contributed by atoms with Crippen molar-refractivity contribution >= 4 is 10.8 Å². The molecule has 0 atom stereocenters. The van der Waals surface area contributed by atoms with Crippen LogP contribution in [0.5, 0.6) is 0 Å². The van der Waals surface area contributed by atoms with E-state index in [9.17, 15) is 0 Å². The molecule has 4 nitrogen and oxygen atoms in total. The number of hydrogen-bond donors (Lipinski definition) is 0. The second-order valence-corrected chi connectivity index (χ2v) is 13.1. The van der Waals surface area contributed by atoms with Crippen molar-refractivity contribution in [3.8, 4) is 89.5 Å². The second-order valence-electron chi connectivity index (χ2n) is 13.1. The standard InChI is InChI=1S/C48H30N4/c1-2-7-41-40(6-1)43-9-3-8-42-39(22-23-44(41)47(42)43)34-14-20-37(21-15-34)48-51-45(35-16-10-31(11-17-35)33-24-27-49-28-25-33)29-46(52-48)36-18-12-32(13-19-36)38-5-4-26-50-30-38/h1-30H. The smallest absolute Gasteiger partial charge is 0.160 e. The predicted molar refractivity (Wildman–Crippen MR) is 212 cm³/mol. The molecule has 0 unspecified atom stereocenters. The van der Waals surface area contributed by atoms with Crippen molar-refractivity contribution in [3.63, 3.8) is 0 Å². The highest BCUT2D eigenvalue weighted by molar-refractivity contribution is 6.18. The summed E-state index contributed by atoms with van der Waals surface area (Å²) in [4.78, 5) is 18.7. The lowest BCUT2D eigenvalue weighted by Crippen LogP contribution is -1.96. The van der Waals surface area contributed by atoms with Gasteiger partial charge in [0.1, 0.15) is 0 Å². The van der Waals surface area contributed by atoms with E-state index in [-0.39, 0.29) is 0 Å². The molecular weight excluding hydrogens is 633 g/mol. The Kier molecular flexibility index (Phi) is 7.10. The zero-order valence-electron chi connectivity index (χ0n) is 28.1. The van der Waals surface area contributed by atoms with Crippen LogP contribution in [0.15, 0.2) is 183 Å². The Morgan fingerprint density at radius 2 is 0.846 bits per heavy atom. The molecule has 52 heavy (non-hydrogen) atoms. The van der Waals surface area contributed by atoms with Crippen LogP contribution in [0.25, 0.3) is 100 Å². The lowest BCUT2D eigenvalue weighted by molar-refractivity contribution is 1.18. The summed E-state index contributed by atoms with van der Waals surface area (Å²) in [6.45, 7) is 0. The largest absolute Gasteiger partial charge is 0.265 e. The van der Waals surface area contributed by atoms with Crippen molar-refractivity contribution in [2.24, 2.45) is 0 Å². The van der Waals surface area contributed by atoms with E-state index in [1.54, 1.807) is 6.20 Å². The maximum atomic E-state index is 5.14. The summed E-state index contributed by atoms with van der Waals surface area (Å²) in [6.07, 6.45) is 7.32. The Morgan fingerprint density at radius 1 is 0.308 bits per heavy atom. The third kappa shape index (κ3) is 5.17. The van der Waals surface area contributed by atoms with Crippen molar-refractivity contribution in [2.45, 2.75) is 0 Å². The Labute approximate surface area is 301 Å². The number of benzene rings is 6. The molecule has 6 aromatic carbocycles. The van der Waals surface area contributed by atoms with Gasteiger partial charge in [-0.1, -0.05) is 133 Å². The van der Waals surface area contributed by atoms with Crippen LogP contribution in [0.1, 0.15) is 0 Å². The van der Waals surface area contributed by atoms with Crippen LogP contribution < -0.4 is 0 Å². The first kappa shape index (κ1) is 29.8. The molecule has 0 bridgehead atoms. The van der Waals surface area contributed by atoms with Gasteiger partial charge in [-0.3, -0.25) is 9.97 Å². The fraction of sp³-hybridized carbons (Fsp3) is 0. The molecule has 0 saturated carbocycles. The van der Waals surface area contributed by atoms with Gasteiger partial charge in [0.2, 0.25) is 0 Å². The van der Waals surface area contributed by atoms with Gasteiger partial charge in [-0.25, -0.2) is 9.97 Å². The molecule has 0 fully saturated rings. The third-order valence-electron chi connectivity index (χ3n) is 10.1. The molecule has 0 spiro atoms. The van der Waals surface area contributed by atoms with E-state index in [1.165, 1.54) is 38.6 Å². The van der Waals surface area contributed by atoms with Gasteiger partial charge in [0, 0.05) is 41.5 Å². The highest BCUT2D eigenvalue weighted by Crippen LogP contribution is 2.49. The molecule has 4 heteroatoms. The van der Waals surface area contributed by atoms with Gasteiger partial charge >= 0.3 is 0 Å². The molecule has 10 rings (SSSR count). The van der Waals surface area contributed by atoms with E-state index in [1.807, 2.05) is 36.8 Å². The van der Waals surface area contributed by atoms with Crippen LogP contribution in [-0.4, -0.2) is 19.9 Å². The number of rotatable bonds is 6. The fourth-order valence-electron chi connectivity index (χ4n) is 7.48. The molecule has 0 aliphatic heterocycles. The van der Waals surface area contributed by atoms with Crippen molar-refractivity contribution in [3.05, 3.63) is 183 Å². The summed E-state index contributed by atoms with van der Waals surface area (Å²) in [5.74, 6) is 0.685. The first-order chi connectivity index (χ1) is 25.8. The molecule has 1 aliphatic carbocycles. The first-order valence-electron chi connectivity index (χ1n) is 17.4. The third-order valence-corrected chi connectivity index (χ3v) is 10.1. The van der Waals surface area contributed by atoms with Gasteiger partial charge < -0.3 is 0 Å². The molecule has 0 N–H and O–H groups in total. The van der Waals surface area contributed by atoms with E-state index < -0.39 is 0 Å². The van der Waals surface area contributed by atoms with Crippen molar-refractivity contribution in [2.75, 3.05) is 0 Å². The van der Waals surface area contributed by atoms with E-state index in [0.717, 1.165) is 55.9 Å². The minimum atomic E-state index is 0.685. The summed E-state index contributed by atoms with van der Waals surface area (Å²) in [5.41, 5.74) is 16.8. The molecule has 242 valence electrons. The Morgan fingerprint density at radius 3 is 1.50 bits per heavy atom. The van der Waals surface area contributed by atoms with E-state index in [0.29, 0.717) is 5.82 Å². The Bertz CT molecular complexity index is 2610. The highest BCUT2D eigenvalue weighted by atomic mass is 14.9. The topological polar surface area (TPSA) is 51.6 Å². The molecule has 9 aromatic rings. The average Bonchev–Trinajstić information content (AvgIpc) is 3.56. The minimum Gasteiger partial charge on any atom is -0.265 e. The van der Waals surface area contributed by atoms with Crippen LogP contribution in [-0.2, 0) is 0 Å². The van der Waals surface area contributed by atoms with Crippen LogP contribution in [0.3, 0.4) is 0 Å². The van der Waals surface area contributed by atoms with E-state index >= 15 is 0 Å². The highest BCUT2D eigenvalue weighted by Gasteiger charge is 2.22. The maximum Gasteiger partial charge on any atom is 0.160 e. The van der Waals surface area contributed by atoms with Gasteiger partial charge in [-0.15, -0.1) is 0 Å². The molecule has 3 heterocycles. The SMILES string of the molecule is c1cncc(-c2ccc(-c3cc(-c4ccc(-c5ccncc5)cc4)nc(-c4ccc(-c5ccc6c7c(cccc57)-c5ccccc5-6)cc4)n3)cc2)c1. The van der Waals surface area contributed by atoms with Crippen molar-refractivity contribution in [1.82, 2.24) is 19.9 Å². The number of hydrogen-bond acceptors (Lipinski definition) is 4. The molecule has 0 saturated heterocycles. The van der Waals surface area contributed by atoms with Gasteiger partial charge in [0.05, 0.1) is 11.4 Å². The van der Waals surface area contributed by atoms with Crippen LogP contribution in [0.2, 0.25) is 0 Å². The average molecular weight is 663 g/mol. The molecular formula is C48H30N4. The fourth-order valence-corrected chi connectivity index (χ4v) is 7.48. The molecule has 3 aromatic heterocycles. The van der Waals surface area contributed by atoms with Crippen molar-refractivity contribution in [1.29, 1.82) is 0 Å². The Balaban J connectivity index is 1.04. The summed E-state index contributed by atoms with van der Waals surface area (Å²) in [6, 6.07) is 55.8. The lowest BCUT2D eigenvalue weighted by atomic mass is 9.94. The quantitative estimate of drug-likeness (QED) is 0.178. The van der Waals surface area contributed by atoms with Gasteiger partial charge in [0.25, 0.3) is 0 Å². The van der Waals surface area contributed by atoms with E-state index in [2.05, 4.69) is 149 Å². The number of pyridine rings is 2. The number of aromatic nitrogens is 4.